The van der Waals surface area contributed by atoms with Gasteiger partial charge in [-0.1, -0.05) is 260 Å². The summed E-state index contributed by atoms with van der Waals surface area (Å²) in [4.78, 5) is 38.0. The summed E-state index contributed by atoms with van der Waals surface area (Å²) in [7, 11) is 1.11. The van der Waals surface area contributed by atoms with Crippen molar-refractivity contribution < 1.29 is 42.1 Å². The first-order valence-corrected chi connectivity index (χ1v) is 34.6. The summed E-state index contributed by atoms with van der Waals surface area (Å²) in [6.45, 7) is 3.94. The summed E-state index contributed by atoms with van der Waals surface area (Å²) in [6.07, 6.45) is 101. The average Bonchev–Trinajstić information content (AvgIpc) is 3.70. The van der Waals surface area contributed by atoms with Crippen LogP contribution >= 0.6 is 7.82 Å². The molecule has 0 saturated heterocycles. The van der Waals surface area contributed by atoms with Crippen LogP contribution in [0.15, 0.2) is 194 Å². The molecule has 10 heteroatoms. The molecule has 0 rings (SSSR count). The predicted molar refractivity (Wildman–Crippen MR) is 369 cm³/mol. The van der Waals surface area contributed by atoms with Gasteiger partial charge in [0.05, 0.1) is 27.7 Å². The van der Waals surface area contributed by atoms with Crippen molar-refractivity contribution in [3.63, 3.8) is 0 Å². The molecule has 0 bridgehead atoms. The number of unbranched alkanes of at least 4 members (excludes halogenated alkanes) is 12. The van der Waals surface area contributed by atoms with E-state index < -0.39 is 32.5 Å². The van der Waals surface area contributed by atoms with Crippen molar-refractivity contribution in [2.24, 2.45) is 0 Å². The molecule has 0 fully saturated rings. The minimum absolute atomic E-state index is 0.0489. The summed E-state index contributed by atoms with van der Waals surface area (Å²) < 4.78 is 34.2. The highest BCUT2D eigenvalue weighted by Crippen LogP contribution is 2.38. The standard InChI is InChI=1S/C76H120NO8P/c1-6-8-10-12-14-16-18-20-22-24-26-28-30-32-34-36-37-38-39-41-43-45-47-49-51-53-55-57-59-61-63-65-67-69-76(79)85-74(73-84-86(80,81)83-71-70-77(3,4)5)72-82-75(78)68-66-64-62-60-58-56-54-52-50-48-46-44-42-40-35-33-31-29-27-25-23-21-19-17-15-13-11-9-7-2/h8-11,14-17,20-23,26-29,32-35,37-38,41-44,47-50,54,56,74H,6-7,12-13,18-19,24-25,30-31,36,39-40,45-46,51-53,55,57-73H2,1-5H3/b10-8-,11-9-,16-14-,17-15-,22-20-,23-21-,28-26-,29-27-,34-32-,35-33-,38-37-,43-41-,44-42-,49-47-,50-48-,56-54-. The van der Waals surface area contributed by atoms with Crippen molar-refractivity contribution in [1.82, 2.24) is 0 Å². The smallest absolute Gasteiger partial charge is 0.306 e. The second kappa shape index (κ2) is 64.3. The van der Waals surface area contributed by atoms with Gasteiger partial charge in [0.1, 0.15) is 19.8 Å². The molecule has 0 radical (unpaired) electrons. The molecule has 9 nitrogen and oxygen atoms in total. The van der Waals surface area contributed by atoms with Crippen LogP contribution in [0.1, 0.15) is 219 Å². The highest BCUT2D eigenvalue weighted by Gasteiger charge is 2.22. The minimum atomic E-state index is -4.67. The number of rotatable bonds is 58. The minimum Gasteiger partial charge on any atom is -0.756 e. The number of quaternary nitrogens is 1. The van der Waals surface area contributed by atoms with E-state index >= 15 is 0 Å². The largest absolute Gasteiger partial charge is 0.756 e. The summed E-state index contributed by atoms with van der Waals surface area (Å²) in [5, 5.41) is 0. The first-order chi connectivity index (χ1) is 42.0. The fraction of sp³-hybridized carbons (Fsp3) is 0.553. The van der Waals surface area contributed by atoms with Crippen LogP contribution in [0.3, 0.4) is 0 Å². The molecule has 0 N–H and O–H groups in total. The van der Waals surface area contributed by atoms with E-state index in [1.54, 1.807) is 0 Å². The van der Waals surface area contributed by atoms with Gasteiger partial charge in [0.25, 0.3) is 7.82 Å². The zero-order chi connectivity index (χ0) is 62.6. The number of hydrogen-bond acceptors (Lipinski definition) is 8. The number of carbonyl (C=O) groups is 2. The molecule has 2 unspecified atom stereocenters. The van der Waals surface area contributed by atoms with Crippen LogP contribution in [0.4, 0.5) is 0 Å². The normalized spacial score (nSPS) is 14.4. The van der Waals surface area contributed by atoms with E-state index in [1.807, 2.05) is 21.1 Å². The molecule has 0 aliphatic heterocycles. The Morgan fingerprint density at radius 2 is 0.628 bits per heavy atom. The lowest BCUT2D eigenvalue weighted by Crippen LogP contribution is -2.37. The number of ether oxygens (including phenoxy) is 2. The van der Waals surface area contributed by atoms with E-state index in [4.69, 9.17) is 18.5 Å². The van der Waals surface area contributed by atoms with E-state index in [0.29, 0.717) is 23.9 Å². The van der Waals surface area contributed by atoms with Crippen molar-refractivity contribution in [3.05, 3.63) is 194 Å². The van der Waals surface area contributed by atoms with E-state index in [1.165, 1.54) is 25.7 Å². The molecule has 0 amide bonds. The number of esters is 2. The number of likely N-dealkylation sites (N-methyl/N-ethyl adjacent to an activating group) is 1. The quantitative estimate of drug-likeness (QED) is 0.0195. The van der Waals surface area contributed by atoms with Crippen molar-refractivity contribution in [2.45, 2.75) is 225 Å². The summed E-state index contributed by atoms with van der Waals surface area (Å²) in [6, 6.07) is 0. The van der Waals surface area contributed by atoms with Crippen LogP contribution in [0.25, 0.3) is 0 Å². The maximum absolute atomic E-state index is 12.9. The van der Waals surface area contributed by atoms with Gasteiger partial charge in [-0.3, -0.25) is 14.2 Å². The molecule has 0 aliphatic rings. The Morgan fingerprint density at radius 1 is 0.360 bits per heavy atom. The number of hydrogen-bond donors (Lipinski definition) is 0. The van der Waals surface area contributed by atoms with Gasteiger partial charge in [-0.2, -0.15) is 0 Å². The van der Waals surface area contributed by atoms with Gasteiger partial charge in [0, 0.05) is 12.8 Å². The fourth-order valence-corrected chi connectivity index (χ4v) is 8.83. The van der Waals surface area contributed by atoms with Gasteiger partial charge >= 0.3 is 11.9 Å². The molecule has 482 valence electrons. The van der Waals surface area contributed by atoms with Crippen molar-refractivity contribution >= 4 is 19.8 Å². The Kier molecular flexibility index (Phi) is 60.5. The summed E-state index contributed by atoms with van der Waals surface area (Å²) >= 11 is 0. The first kappa shape index (κ1) is 80.8. The number of allylic oxidation sites excluding steroid dienone is 32. The maximum atomic E-state index is 12.9. The van der Waals surface area contributed by atoms with Gasteiger partial charge in [-0.15, -0.1) is 0 Å². The lowest BCUT2D eigenvalue weighted by atomic mass is 10.1. The fourth-order valence-electron chi connectivity index (χ4n) is 8.10. The molecule has 86 heavy (non-hydrogen) atoms. The second-order valence-electron chi connectivity index (χ2n) is 22.4. The van der Waals surface area contributed by atoms with Crippen LogP contribution in [-0.2, 0) is 32.7 Å². The summed E-state index contributed by atoms with van der Waals surface area (Å²) in [5.74, 6) is -0.889. The van der Waals surface area contributed by atoms with Crippen molar-refractivity contribution in [1.29, 1.82) is 0 Å². The van der Waals surface area contributed by atoms with Crippen LogP contribution in [-0.4, -0.2) is 70.0 Å². The van der Waals surface area contributed by atoms with E-state index in [2.05, 4.69) is 208 Å². The van der Waals surface area contributed by atoms with Gasteiger partial charge in [0.2, 0.25) is 0 Å². The van der Waals surface area contributed by atoms with Crippen molar-refractivity contribution in [2.75, 3.05) is 47.5 Å². The third-order valence-corrected chi connectivity index (χ3v) is 14.1. The highest BCUT2D eigenvalue weighted by atomic mass is 31.2. The zero-order valence-electron chi connectivity index (χ0n) is 54.7. The molecular formula is C76H120NO8P. The zero-order valence-corrected chi connectivity index (χ0v) is 55.6. The Bertz CT molecular complexity index is 2150. The predicted octanol–water partition coefficient (Wildman–Crippen LogP) is 21.1. The molecule has 0 saturated carbocycles. The molecule has 0 aliphatic carbocycles. The molecule has 2 atom stereocenters. The Balaban J connectivity index is 4.25. The molecule has 0 heterocycles. The Hall–Kier alpha value is -5.15. The van der Waals surface area contributed by atoms with E-state index in [0.717, 1.165) is 154 Å². The van der Waals surface area contributed by atoms with Gasteiger partial charge in [-0.25, -0.2) is 0 Å². The molecule has 0 aromatic rings. The Morgan fingerprint density at radius 3 is 0.930 bits per heavy atom. The SMILES string of the molecule is CC/C=C\C/C=C\C/C=C\C/C=C\C/C=C\C/C=C\C/C=C\C/C=C\CCCCCCCCCCC(=O)OC(COC(=O)CCCCCC/C=C\C/C=C\C/C=C\C/C=C\C/C=C\C/C=C\C/C=C\C/C=C\CC)COP(=O)([O-])OCC[N+](C)(C)C. The van der Waals surface area contributed by atoms with E-state index in [-0.39, 0.29) is 26.1 Å². The topological polar surface area (TPSA) is 111 Å². The van der Waals surface area contributed by atoms with Crippen LogP contribution < -0.4 is 4.89 Å². The van der Waals surface area contributed by atoms with Gasteiger partial charge in [-0.05, 0) is 141 Å². The first-order valence-electron chi connectivity index (χ1n) is 33.1. The lowest BCUT2D eigenvalue weighted by molar-refractivity contribution is -0.870. The van der Waals surface area contributed by atoms with Crippen LogP contribution in [0.5, 0.6) is 0 Å². The number of phosphoric acid groups is 1. The van der Waals surface area contributed by atoms with Crippen molar-refractivity contribution in [3.8, 4) is 0 Å². The van der Waals surface area contributed by atoms with Crippen LogP contribution in [0.2, 0.25) is 0 Å². The monoisotopic (exact) mass is 1210 g/mol. The highest BCUT2D eigenvalue weighted by molar-refractivity contribution is 7.45. The number of phosphoric ester groups is 1. The van der Waals surface area contributed by atoms with Gasteiger partial charge in [0.15, 0.2) is 6.10 Å². The lowest BCUT2D eigenvalue weighted by Gasteiger charge is -2.28. The molecule has 0 spiro atoms. The molecular weight excluding hydrogens is 1090 g/mol. The van der Waals surface area contributed by atoms with Gasteiger partial charge < -0.3 is 27.9 Å². The molecule has 0 aromatic carbocycles. The number of carbonyl (C=O) groups excluding carboxylic acids is 2. The maximum Gasteiger partial charge on any atom is 0.306 e. The third-order valence-electron chi connectivity index (χ3n) is 13.1. The third kappa shape index (κ3) is 68.0. The second-order valence-corrected chi connectivity index (χ2v) is 23.8. The average molecular weight is 1210 g/mol. The van der Waals surface area contributed by atoms with Crippen LogP contribution in [0, 0.1) is 0 Å². The summed E-state index contributed by atoms with van der Waals surface area (Å²) in [5.41, 5.74) is 0. The van der Waals surface area contributed by atoms with E-state index in [9.17, 15) is 19.0 Å². The number of nitrogens with zero attached hydrogens (tertiary/aromatic N) is 1. The molecule has 0 aromatic heterocycles. The Labute approximate surface area is 526 Å².